The summed E-state index contributed by atoms with van der Waals surface area (Å²) in [7, 11) is 0. The average Bonchev–Trinajstić information content (AvgIpc) is 3.20. The standard InChI is InChI=1S/C25H17BrCl5N3O2/c1-25(30,31)22(13-6-14(27)9-15(28)7-13)24(36)33-16-2-3-19(29)17(10-16)23(35)34-21-11-20-12(4-5-32-20)8-18(21)26/h2-11,22,32H,1H3,(H,33,36)(H,34,35). The molecule has 3 aromatic carbocycles. The van der Waals surface area contributed by atoms with Gasteiger partial charge in [-0.1, -0.05) is 34.8 Å². The second kappa shape index (κ2) is 10.8. The third-order valence-corrected chi connectivity index (χ3v) is 7.21. The summed E-state index contributed by atoms with van der Waals surface area (Å²) >= 11 is 34.8. The Morgan fingerprint density at radius 3 is 2.31 bits per heavy atom. The molecule has 1 unspecified atom stereocenters. The molecule has 0 saturated heterocycles. The van der Waals surface area contributed by atoms with Crippen LogP contribution in [0.25, 0.3) is 10.9 Å². The van der Waals surface area contributed by atoms with E-state index in [0.29, 0.717) is 31.5 Å². The van der Waals surface area contributed by atoms with Crippen LogP contribution in [0.15, 0.2) is 65.3 Å². The zero-order chi connectivity index (χ0) is 26.2. The highest BCUT2D eigenvalue weighted by atomic mass is 79.9. The molecule has 0 saturated carbocycles. The predicted octanol–water partition coefficient (Wildman–Crippen LogP) is 9.06. The Hall–Kier alpha value is -1.93. The van der Waals surface area contributed by atoms with Gasteiger partial charge in [0.25, 0.3) is 5.91 Å². The maximum atomic E-state index is 13.3. The van der Waals surface area contributed by atoms with Crippen molar-refractivity contribution >= 4 is 108 Å². The lowest BCUT2D eigenvalue weighted by molar-refractivity contribution is -0.117. The van der Waals surface area contributed by atoms with E-state index in [-0.39, 0.29) is 10.6 Å². The minimum absolute atomic E-state index is 0.162. The number of fused-ring (bicyclic) bond motifs is 1. The van der Waals surface area contributed by atoms with E-state index in [4.69, 9.17) is 58.0 Å². The molecule has 0 spiro atoms. The Morgan fingerprint density at radius 1 is 0.944 bits per heavy atom. The number of anilines is 2. The van der Waals surface area contributed by atoms with Crippen LogP contribution in [0.2, 0.25) is 15.1 Å². The second-order valence-electron chi connectivity index (χ2n) is 8.13. The Bertz CT molecular complexity index is 1460. The molecule has 3 N–H and O–H groups in total. The number of carbonyl (C=O) groups is 2. The van der Waals surface area contributed by atoms with E-state index in [0.717, 1.165) is 10.9 Å². The smallest absolute Gasteiger partial charge is 0.257 e. The maximum Gasteiger partial charge on any atom is 0.257 e. The molecule has 36 heavy (non-hydrogen) atoms. The van der Waals surface area contributed by atoms with Crippen LogP contribution in [0, 0.1) is 0 Å². The van der Waals surface area contributed by atoms with Crippen LogP contribution in [0.1, 0.15) is 28.8 Å². The van der Waals surface area contributed by atoms with Gasteiger partial charge in [-0.05, 0) is 83.0 Å². The van der Waals surface area contributed by atoms with Gasteiger partial charge >= 0.3 is 0 Å². The summed E-state index contributed by atoms with van der Waals surface area (Å²) in [6.45, 7) is 1.49. The summed E-state index contributed by atoms with van der Waals surface area (Å²) in [5.74, 6) is -2.00. The van der Waals surface area contributed by atoms with Crippen LogP contribution in [0.3, 0.4) is 0 Å². The van der Waals surface area contributed by atoms with E-state index >= 15 is 0 Å². The zero-order valence-electron chi connectivity index (χ0n) is 18.4. The summed E-state index contributed by atoms with van der Waals surface area (Å²) in [5, 5.41) is 7.47. The molecule has 0 bridgehead atoms. The van der Waals surface area contributed by atoms with Crippen molar-refractivity contribution in [2.45, 2.75) is 17.2 Å². The van der Waals surface area contributed by atoms with Crippen LogP contribution < -0.4 is 10.6 Å². The van der Waals surface area contributed by atoms with E-state index in [2.05, 4.69) is 31.5 Å². The fourth-order valence-corrected chi connectivity index (χ4v) is 5.42. The van der Waals surface area contributed by atoms with Gasteiger partial charge in [0.05, 0.1) is 22.2 Å². The lowest BCUT2D eigenvalue weighted by Crippen LogP contribution is -2.32. The Kier molecular flexibility index (Phi) is 8.15. The van der Waals surface area contributed by atoms with Gasteiger partial charge in [-0.3, -0.25) is 9.59 Å². The van der Waals surface area contributed by atoms with Crippen molar-refractivity contribution in [1.82, 2.24) is 4.98 Å². The topological polar surface area (TPSA) is 74.0 Å². The van der Waals surface area contributed by atoms with Gasteiger partial charge in [0.2, 0.25) is 5.91 Å². The van der Waals surface area contributed by atoms with Gasteiger partial charge in [0.1, 0.15) is 4.33 Å². The predicted molar refractivity (Wildman–Crippen MR) is 153 cm³/mol. The van der Waals surface area contributed by atoms with Gasteiger partial charge in [-0.25, -0.2) is 0 Å². The molecule has 186 valence electrons. The summed E-state index contributed by atoms with van der Waals surface area (Å²) in [6.07, 6.45) is 1.81. The number of hydrogen-bond donors (Lipinski definition) is 3. The fourth-order valence-electron chi connectivity index (χ4n) is 3.77. The molecule has 4 rings (SSSR count). The third-order valence-electron chi connectivity index (χ3n) is 5.35. The first kappa shape index (κ1) is 27.1. The highest BCUT2D eigenvalue weighted by Gasteiger charge is 2.38. The molecule has 5 nitrogen and oxygen atoms in total. The van der Waals surface area contributed by atoms with Crippen molar-refractivity contribution in [1.29, 1.82) is 0 Å². The van der Waals surface area contributed by atoms with Crippen LogP contribution in [0.5, 0.6) is 0 Å². The highest BCUT2D eigenvalue weighted by molar-refractivity contribution is 9.10. The minimum atomic E-state index is -1.49. The number of hydrogen-bond acceptors (Lipinski definition) is 2. The number of aromatic nitrogens is 1. The van der Waals surface area contributed by atoms with E-state index in [1.165, 1.54) is 25.1 Å². The summed E-state index contributed by atoms with van der Waals surface area (Å²) in [5.41, 5.74) is 2.34. The molecule has 1 atom stereocenters. The van der Waals surface area contributed by atoms with E-state index in [9.17, 15) is 9.59 Å². The third kappa shape index (κ3) is 6.13. The molecular formula is C25H17BrCl5N3O2. The van der Waals surface area contributed by atoms with Gasteiger partial charge in [-0.2, -0.15) is 0 Å². The Balaban J connectivity index is 1.60. The van der Waals surface area contributed by atoms with Crippen LogP contribution in [-0.4, -0.2) is 21.1 Å². The number of rotatable bonds is 6. The Morgan fingerprint density at radius 2 is 1.64 bits per heavy atom. The number of alkyl halides is 2. The van der Waals surface area contributed by atoms with Gasteiger partial charge < -0.3 is 15.6 Å². The van der Waals surface area contributed by atoms with Gasteiger partial charge in [0.15, 0.2) is 0 Å². The van der Waals surface area contributed by atoms with Crippen molar-refractivity contribution in [3.8, 4) is 0 Å². The quantitative estimate of drug-likeness (QED) is 0.183. The lowest BCUT2D eigenvalue weighted by atomic mass is 9.94. The molecule has 0 radical (unpaired) electrons. The molecule has 0 aliphatic rings. The largest absolute Gasteiger partial charge is 0.361 e. The number of halogens is 6. The van der Waals surface area contributed by atoms with Crippen LogP contribution in [0.4, 0.5) is 11.4 Å². The van der Waals surface area contributed by atoms with E-state index in [1.807, 2.05) is 18.3 Å². The molecule has 11 heteroatoms. The summed E-state index contributed by atoms with van der Waals surface area (Å²) in [4.78, 5) is 29.5. The normalized spacial score (nSPS) is 12.4. The van der Waals surface area contributed by atoms with Gasteiger partial charge in [0, 0.05) is 37.3 Å². The summed E-state index contributed by atoms with van der Waals surface area (Å²) < 4.78 is -0.789. The number of H-pyrrole nitrogens is 1. The van der Waals surface area contributed by atoms with Crippen molar-refractivity contribution in [3.63, 3.8) is 0 Å². The molecule has 4 aromatic rings. The Labute approximate surface area is 240 Å². The molecule has 2 amide bonds. The number of aromatic amines is 1. The second-order valence-corrected chi connectivity index (χ2v) is 12.0. The van der Waals surface area contributed by atoms with E-state index in [1.54, 1.807) is 24.3 Å². The minimum Gasteiger partial charge on any atom is -0.361 e. The maximum absolute atomic E-state index is 13.3. The zero-order valence-corrected chi connectivity index (χ0v) is 23.8. The first-order valence-electron chi connectivity index (χ1n) is 10.4. The molecule has 0 aliphatic heterocycles. The molecule has 0 fully saturated rings. The van der Waals surface area contributed by atoms with Crippen molar-refractivity contribution in [2.75, 3.05) is 10.6 Å². The molecule has 1 aromatic heterocycles. The molecular weight excluding hydrogens is 631 g/mol. The first-order chi connectivity index (χ1) is 16.9. The monoisotopic (exact) mass is 645 g/mol. The van der Waals surface area contributed by atoms with Crippen molar-refractivity contribution < 1.29 is 9.59 Å². The van der Waals surface area contributed by atoms with Crippen LogP contribution in [-0.2, 0) is 4.79 Å². The van der Waals surface area contributed by atoms with Crippen molar-refractivity contribution in [3.05, 3.63) is 91.5 Å². The number of amides is 2. The highest BCUT2D eigenvalue weighted by Crippen LogP contribution is 2.40. The fraction of sp³-hybridized carbons (Fsp3) is 0.120. The number of benzene rings is 3. The number of nitrogens with one attached hydrogen (secondary N) is 3. The van der Waals surface area contributed by atoms with Crippen molar-refractivity contribution in [2.24, 2.45) is 0 Å². The van der Waals surface area contributed by atoms with Crippen LogP contribution >= 0.6 is 73.9 Å². The average molecular weight is 649 g/mol. The number of carbonyl (C=O) groups excluding carboxylic acids is 2. The lowest BCUT2D eigenvalue weighted by Gasteiger charge is -2.26. The summed E-state index contributed by atoms with van der Waals surface area (Å²) in [6, 6.07) is 14.8. The van der Waals surface area contributed by atoms with E-state index < -0.39 is 22.1 Å². The first-order valence-corrected chi connectivity index (χ1v) is 13.1. The molecule has 0 aliphatic carbocycles. The van der Waals surface area contributed by atoms with Gasteiger partial charge in [-0.15, -0.1) is 23.2 Å². The molecule has 1 heterocycles. The SMILES string of the molecule is CC(Cl)(Cl)C(C(=O)Nc1ccc(Cl)c(C(=O)Nc2cc3[nH]ccc3cc2Br)c1)c1cc(Cl)cc(Cl)c1.